The molecule has 0 radical (unpaired) electrons. The third-order valence-electron chi connectivity index (χ3n) is 11.4. The fourth-order valence-electron chi connectivity index (χ4n) is 8.56. The Morgan fingerprint density at radius 1 is 0.776 bits per heavy atom. The third-order valence-corrected chi connectivity index (χ3v) is 15.2. The Morgan fingerprint density at radius 3 is 1.78 bits per heavy atom. The number of aromatic nitrogens is 4. The number of hydrogen-bond acceptors (Lipinski definition) is 17. The Kier molecular flexibility index (Phi) is 16.9. The summed E-state index contributed by atoms with van der Waals surface area (Å²) in [4.78, 5) is 76.7. The highest BCUT2D eigenvalue weighted by Crippen LogP contribution is 2.55. The van der Waals surface area contributed by atoms with E-state index in [1.54, 1.807) is 65.0 Å². The summed E-state index contributed by atoms with van der Waals surface area (Å²) in [6, 6.07) is 8.49. The van der Waals surface area contributed by atoms with Gasteiger partial charge in [0.15, 0.2) is 5.79 Å². The van der Waals surface area contributed by atoms with Crippen molar-refractivity contribution in [1.82, 2.24) is 19.1 Å². The van der Waals surface area contributed by atoms with Crippen LogP contribution in [0.4, 0.5) is 0 Å². The quantitative estimate of drug-likeness (QED) is 0.0730. The van der Waals surface area contributed by atoms with E-state index in [0.29, 0.717) is 27.9 Å². The van der Waals surface area contributed by atoms with Gasteiger partial charge in [0.1, 0.15) is 12.2 Å². The fourth-order valence-corrected chi connectivity index (χ4v) is 11.3. The number of carbonyl (C=O) groups is 2. The molecule has 0 amide bonds. The maximum absolute atomic E-state index is 13.5. The zero-order valence-electron chi connectivity index (χ0n) is 36.8. The smallest absolute Gasteiger partial charge is 0.370 e. The highest BCUT2D eigenvalue weighted by Gasteiger charge is 2.56. The van der Waals surface area contributed by atoms with Crippen molar-refractivity contribution in [2.24, 2.45) is 11.8 Å². The van der Waals surface area contributed by atoms with Crippen LogP contribution in [-0.4, -0.2) is 131 Å². The molecule has 0 spiro atoms. The minimum absolute atomic E-state index is 0.0205. The molecule has 3 fully saturated rings. The predicted molar refractivity (Wildman–Crippen MR) is 239 cm³/mol. The van der Waals surface area contributed by atoms with Crippen LogP contribution in [0.15, 0.2) is 58.6 Å². The lowest BCUT2D eigenvalue weighted by atomic mass is 10.1. The number of esters is 1. The highest BCUT2D eigenvalue weighted by atomic mass is 35.5. The van der Waals surface area contributed by atoms with E-state index < -0.39 is 99.2 Å². The van der Waals surface area contributed by atoms with Crippen LogP contribution in [0.2, 0.25) is 10.0 Å². The lowest BCUT2D eigenvalue weighted by Crippen LogP contribution is -2.35. The molecular formula is C41H52Cl2N4O18P2. The molecular weight excluding hydrogens is 969 g/mol. The second-order valence-corrected chi connectivity index (χ2v) is 20.8. The Labute approximate surface area is 392 Å². The molecule has 0 bridgehead atoms. The zero-order valence-corrected chi connectivity index (χ0v) is 40.1. The normalized spacial score (nSPS) is 25.7. The average Bonchev–Trinajstić information content (AvgIpc) is 3.84. The first-order chi connectivity index (χ1) is 31.6. The van der Waals surface area contributed by atoms with Gasteiger partial charge in [-0.1, -0.05) is 35.3 Å². The first-order valence-electron chi connectivity index (χ1n) is 21.2. The topological polar surface area (TPSA) is 304 Å². The lowest BCUT2D eigenvalue weighted by molar-refractivity contribution is -0.166. The summed E-state index contributed by atoms with van der Waals surface area (Å²) in [5.74, 6) is -8.77. The van der Waals surface area contributed by atoms with Gasteiger partial charge in [-0.15, -0.1) is 0 Å². The van der Waals surface area contributed by atoms with Gasteiger partial charge in [0.2, 0.25) is 0 Å². The van der Waals surface area contributed by atoms with Crippen molar-refractivity contribution in [3.05, 3.63) is 79.8 Å². The van der Waals surface area contributed by atoms with Crippen molar-refractivity contribution in [2.45, 2.75) is 101 Å². The molecule has 67 heavy (non-hydrogen) atoms. The largest absolute Gasteiger partial charge is 0.479 e. The number of aliphatic carboxylic acids is 1. The van der Waals surface area contributed by atoms with Crippen LogP contribution in [0.3, 0.4) is 0 Å². The van der Waals surface area contributed by atoms with Gasteiger partial charge in [-0.3, -0.25) is 27.9 Å². The number of aliphatic hydroxyl groups is 2. The third kappa shape index (κ3) is 11.3. The second-order valence-electron chi connectivity index (χ2n) is 16.3. The van der Waals surface area contributed by atoms with Crippen LogP contribution < -0.4 is 11.1 Å². The summed E-state index contributed by atoms with van der Waals surface area (Å²) in [6.45, 7) is 8.10. The molecule has 2 aliphatic carbocycles. The van der Waals surface area contributed by atoms with Crippen molar-refractivity contribution in [2.75, 3.05) is 33.0 Å². The molecule has 3 aliphatic rings. The Balaban J connectivity index is 0.000000229. The van der Waals surface area contributed by atoms with E-state index >= 15 is 0 Å². The van der Waals surface area contributed by atoms with Crippen LogP contribution in [0.1, 0.15) is 59.5 Å². The minimum Gasteiger partial charge on any atom is -0.479 e. The molecule has 2 saturated carbocycles. The van der Waals surface area contributed by atoms with Gasteiger partial charge < -0.3 is 57.8 Å². The van der Waals surface area contributed by atoms with Crippen molar-refractivity contribution in [1.29, 1.82) is 0 Å². The molecule has 26 heteroatoms. The van der Waals surface area contributed by atoms with Crippen molar-refractivity contribution < 1.29 is 76.6 Å². The molecule has 7 rings (SSSR count). The summed E-state index contributed by atoms with van der Waals surface area (Å²) in [5.41, 5.74) is 0.0347. The molecule has 2 aromatic carbocycles. The second kappa shape index (κ2) is 21.5. The van der Waals surface area contributed by atoms with Crippen LogP contribution in [0.25, 0.3) is 21.8 Å². The number of nitrogens with zero attached hydrogens (tertiary/aromatic N) is 4. The van der Waals surface area contributed by atoms with E-state index in [1.165, 1.54) is 23.3 Å². The predicted octanol–water partition coefficient (Wildman–Crippen LogP) is 4.24. The molecule has 2 unspecified atom stereocenters. The van der Waals surface area contributed by atoms with Gasteiger partial charge in [0.25, 0.3) is 22.8 Å². The monoisotopic (exact) mass is 1020 g/mol. The van der Waals surface area contributed by atoms with Gasteiger partial charge in [0, 0.05) is 11.8 Å². The summed E-state index contributed by atoms with van der Waals surface area (Å²) in [6.07, 6.45) is -0.711. The SMILES string of the molecule is CCOC(=O)C(OC[C@H]1C[C@@H](n2cnc3cccc(Cl)c3c2=O)[C@@H]2OC(C)(C)O[C@H]12)P(=O)(OCC)OCC.O=C(O)C(OC[C@H]1C[C@@H](n2cnc3cccc(Cl)c3c2=O)[C@H](O)[C@@H]1O)P(=O)(O)O. The molecule has 368 valence electrons. The number of carbonyl (C=O) groups excluding carboxylic acids is 1. The van der Waals surface area contributed by atoms with Crippen LogP contribution >= 0.6 is 38.4 Å². The Morgan fingerprint density at radius 2 is 1.27 bits per heavy atom. The number of carboxylic acid groups (broad SMARTS) is 1. The van der Waals surface area contributed by atoms with Gasteiger partial charge in [-0.25, -0.2) is 19.6 Å². The van der Waals surface area contributed by atoms with E-state index in [4.69, 9.17) is 70.8 Å². The highest BCUT2D eigenvalue weighted by molar-refractivity contribution is 7.55. The Hall–Kier alpha value is -3.70. The van der Waals surface area contributed by atoms with Gasteiger partial charge in [0.05, 0.1) is 102 Å². The number of aliphatic hydroxyl groups excluding tert-OH is 2. The van der Waals surface area contributed by atoms with E-state index in [0.717, 1.165) is 4.57 Å². The van der Waals surface area contributed by atoms with Gasteiger partial charge >= 0.3 is 27.1 Å². The summed E-state index contributed by atoms with van der Waals surface area (Å²) in [7, 11) is -9.07. The number of halogens is 2. The molecule has 22 nitrogen and oxygen atoms in total. The molecule has 1 aliphatic heterocycles. The van der Waals surface area contributed by atoms with Gasteiger partial charge in [-0.2, -0.15) is 0 Å². The van der Waals surface area contributed by atoms with Crippen LogP contribution in [0, 0.1) is 11.8 Å². The number of hydrogen-bond donors (Lipinski definition) is 5. The fraction of sp³-hybridized carbons (Fsp3) is 0.561. The van der Waals surface area contributed by atoms with E-state index in [1.807, 2.05) is 0 Å². The number of carboxylic acids is 1. The van der Waals surface area contributed by atoms with Crippen molar-refractivity contribution in [3.63, 3.8) is 0 Å². The summed E-state index contributed by atoms with van der Waals surface area (Å²) < 4.78 is 66.4. The maximum Gasteiger partial charge on any atom is 0.370 e. The van der Waals surface area contributed by atoms with E-state index in [9.17, 15) is 38.5 Å². The maximum atomic E-state index is 13.5. The Bertz CT molecular complexity index is 2660. The summed E-state index contributed by atoms with van der Waals surface area (Å²) in [5, 5.41) is 30.5. The van der Waals surface area contributed by atoms with Gasteiger partial charge in [-0.05, 0) is 71.7 Å². The molecule has 4 aromatic rings. The minimum atomic E-state index is -5.08. The standard InChI is InChI=1S/C25H34ClN2O9P.C16H18ClN2O9P/c1-6-32-23(30)24(38(31,34-7-2)35-8-3)33-13-15-12-18(21-20(15)36-25(4,5)37-21)28-14-27-17-11-9-10-16(26)19(17)22(28)29;17-8-2-1-3-9-11(8)14(22)19(6-18-9)10-4-7(12(20)13(10)21)5-28-16(15(23)24)29(25,26)27/h9-11,14-15,18,20-21,24H,6-8,12-13H2,1-5H3;1-3,6-7,10,12-13,16,20-21H,4-5H2,(H,23,24)(H2,25,26,27)/t15-,18-,20-,21+,24?;7-,10-,12-,13+,16?/m11/s1. The van der Waals surface area contributed by atoms with E-state index in [2.05, 4.69) is 9.97 Å². The summed E-state index contributed by atoms with van der Waals surface area (Å²) >= 11 is 12.4. The first kappa shape index (κ1) is 52.7. The van der Waals surface area contributed by atoms with E-state index in [-0.39, 0.29) is 54.7 Å². The average molecular weight is 1020 g/mol. The van der Waals surface area contributed by atoms with Crippen molar-refractivity contribution in [3.8, 4) is 0 Å². The molecule has 5 N–H and O–H groups in total. The van der Waals surface area contributed by atoms with Crippen LogP contribution in [-0.2, 0) is 51.5 Å². The van der Waals surface area contributed by atoms with Crippen LogP contribution in [0.5, 0.6) is 0 Å². The lowest BCUT2D eigenvalue weighted by Gasteiger charge is -2.27. The molecule has 1 saturated heterocycles. The van der Waals surface area contributed by atoms with Crippen molar-refractivity contribution >= 4 is 72.1 Å². The zero-order chi connectivity index (χ0) is 49.2. The number of ether oxygens (including phenoxy) is 5. The number of fused-ring (bicyclic) bond motifs is 3. The molecule has 10 atom stereocenters. The number of rotatable bonds is 17. The first-order valence-corrected chi connectivity index (χ1v) is 25.2. The number of benzene rings is 2. The molecule has 3 heterocycles. The molecule has 2 aromatic heterocycles.